The Morgan fingerprint density at radius 1 is 1.13 bits per heavy atom. The monoisotopic (exact) mass is 455 g/mol. The number of β-amino-alcohol motifs (C(OH)–C–C–N with tert-alkyl or cyclic N) is 1. The van der Waals surface area contributed by atoms with E-state index in [1.165, 1.54) is 4.90 Å². The van der Waals surface area contributed by atoms with Crippen LogP contribution in [0.5, 0.6) is 0 Å². The lowest BCUT2D eigenvalue weighted by Gasteiger charge is -2.35. The van der Waals surface area contributed by atoms with Gasteiger partial charge in [-0.3, -0.25) is 14.8 Å². The summed E-state index contributed by atoms with van der Waals surface area (Å²) in [5.74, 6) is -0.0369. The lowest BCUT2D eigenvalue weighted by atomic mass is 10.0. The van der Waals surface area contributed by atoms with Gasteiger partial charge in [0.1, 0.15) is 24.1 Å². The van der Waals surface area contributed by atoms with Gasteiger partial charge in [-0.1, -0.05) is 0 Å². The number of fused-ring (bicyclic) bond motifs is 2. The van der Waals surface area contributed by atoms with Crippen molar-refractivity contribution >= 4 is 30.7 Å². The van der Waals surface area contributed by atoms with E-state index >= 15 is 0 Å². The maximum Gasteiger partial charge on any atom is 0.327 e. The largest absolute Gasteiger partial charge is 0.790 e. The summed E-state index contributed by atoms with van der Waals surface area (Å²) >= 11 is 0. The zero-order valence-corrected chi connectivity index (χ0v) is 17.3. The van der Waals surface area contributed by atoms with E-state index in [1.54, 1.807) is 12.1 Å². The number of aryl methyl sites for hydroxylation is 2. The maximum atomic E-state index is 12.2. The SMILES string of the molecule is Cc1cc2c(cc1C)N(C[C@H](O)[C@H](O)[C@H](O)COP(=O)([O-])[O-])c1[nH]c(=O)[nH]c(=O)c1[N]2. The minimum atomic E-state index is -5.39. The van der Waals surface area contributed by atoms with Crippen LogP contribution in [0.3, 0.4) is 0 Å². The molecule has 2 aromatic rings. The van der Waals surface area contributed by atoms with Crippen LogP contribution in [-0.4, -0.2) is 56.8 Å². The van der Waals surface area contributed by atoms with E-state index in [0.29, 0.717) is 11.4 Å². The van der Waals surface area contributed by atoms with Gasteiger partial charge in [-0.05, 0) is 37.1 Å². The summed E-state index contributed by atoms with van der Waals surface area (Å²) < 4.78 is 14.5. The molecule has 1 radical (unpaired) electrons. The minimum absolute atomic E-state index is 0.0369. The summed E-state index contributed by atoms with van der Waals surface area (Å²) in [5.41, 5.74) is 0.799. The van der Waals surface area contributed by atoms with Crippen molar-refractivity contribution in [2.45, 2.75) is 32.2 Å². The van der Waals surface area contributed by atoms with Crippen LogP contribution in [0.1, 0.15) is 11.1 Å². The highest BCUT2D eigenvalue weighted by atomic mass is 31.2. The molecule has 0 amide bonds. The summed E-state index contributed by atoms with van der Waals surface area (Å²) in [7, 11) is -5.39. The highest BCUT2D eigenvalue weighted by molar-refractivity contribution is 7.43. The van der Waals surface area contributed by atoms with Crippen LogP contribution >= 0.6 is 7.82 Å². The highest BCUT2D eigenvalue weighted by Crippen LogP contribution is 2.42. The van der Waals surface area contributed by atoms with Crippen LogP contribution in [0.2, 0.25) is 0 Å². The molecule has 0 saturated carbocycles. The van der Waals surface area contributed by atoms with Crippen LogP contribution in [0.4, 0.5) is 22.9 Å². The number of aliphatic hydroxyl groups excluding tert-OH is 3. The second-order valence-electron chi connectivity index (χ2n) is 7.12. The van der Waals surface area contributed by atoms with Crippen molar-refractivity contribution in [3.63, 3.8) is 0 Å². The normalized spacial score (nSPS) is 16.2. The third kappa shape index (κ3) is 5.05. The maximum absolute atomic E-state index is 12.2. The van der Waals surface area contributed by atoms with Gasteiger partial charge < -0.3 is 39.1 Å². The van der Waals surface area contributed by atoms with E-state index in [4.69, 9.17) is 0 Å². The molecule has 0 bridgehead atoms. The number of anilines is 2. The molecule has 13 nitrogen and oxygen atoms in total. The molecule has 1 aromatic carbocycles. The molecule has 0 aliphatic carbocycles. The van der Waals surface area contributed by atoms with E-state index in [0.717, 1.165) is 11.1 Å². The minimum Gasteiger partial charge on any atom is -0.790 e. The van der Waals surface area contributed by atoms with Gasteiger partial charge in [0.05, 0.1) is 32.3 Å². The van der Waals surface area contributed by atoms with E-state index in [2.05, 4.69) is 19.8 Å². The number of hydrogen-bond acceptors (Lipinski definition) is 10. The zero-order chi connectivity index (χ0) is 23.1. The molecule has 1 aromatic heterocycles. The molecular formula is C17H20N4O9P-2. The van der Waals surface area contributed by atoms with Gasteiger partial charge in [0.15, 0.2) is 5.69 Å². The van der Waals surface area contributed by atoms with Gasteiger partial charge >= 0.3 is 5.69 Å². The number of rotatable bonds is 7. The summed E-state index contributed by atoms with van der Waals surface area (Å²) in [6.07, 6.45) is -5.53. The first-order chi connectivity index (χ1) is 14.4. The van der Waals surface area contributed by atoms with E-state index in [-0.39, 0.29) is 11.5 Å². The van der Waals surface area contributed by atoms with Crippen molar-refractivity contribution in [1.82, 2.24) is 15.3 Å². The first-order valence-electron chi connectivity index (χ1n) is 9.05. The van der Waals surface area contributed by atoms with Crippen molar-refractivity contribution in [2.75, 3.05) is 18.1 Å². The lowest BCUT2D eigenvalue weighted by Crippen LogP contribution is -2.46. The van der Waals surface area contributed by atoms with E-state index in [9.17, 15) is 39.3 Å². The van der Waals surface area contributed by atoms with Gasteiger partial charge in [-0.15, -0.1) is 0 Å². The smallest absolute Gasteiger partial charge is 0.327 e. The summed E-state index contributed by atoms with van der Waals surface area (Å²) in [4.78, 5) is 51.0. The highest BCUT2D eigenvalue weighted by Gasteiger charge is 2.33. The van der Waals surface area contributed by atoms with E-state index < -0.39 is 50.5 Å². The number of hydrogen-bond donors (Lipinski definition) is 5. The molecule has 14 heteroatoms. The van der Waals surface area contributed by atoms with Gasteiger partial charge in [0, 0.05) is 0 Å². The predicted octanol–water partition coefficient (Wildman–Crippen LogP) is -2.37. The Morgan fingerprint density at radius 3 is 2.42 bits per heavy atom. The van der Waals surface area contributed by atoms with Crippen LogP contribution in [0, 0.1) is 13.8 Å². The second kappa shape index (κ2) is 8.55. The molecule has 5 N–H and O–H groups in total. The fourth-order valence-electron chi connectivity index (χ4n) is 3.11. The third-order valence-corrected chi connectivity index (χ3v) is 5.31. The number of phosphoric acid groups is 1. The Bertz CT molecular complexity index is 1140. The number of nitrogens with one attached hydrogen (secondary N) is 2. The number of H-pyrrole nitrogens is 2. The van der Waals surface area contributed by atoms with Crippen LogP contribution in [0.15, 0.2) is 21.7 Å². The number of benzene rings is 1. The average molecular weight is 455 g/mol. The van der Waals surface area contributed by atoms with Crippen molar-refractivity contribution in [3.8, 4) is 0 Å². The first-order valence-corrected chi connectivity index (χ1v) is 10.5. The fraction of sp³-hybridized carbons (Fsp3) is 0.412. The number of nitrogens with zero attached hydrogens (tertiary/aromatic N) is 2. The average Bonchev–Trinajstić information content (AvgIpc) is 2.67. The van der Waals surface area contributed by atoms with Gasteiger partial charge in [0.25, 0.3) is 5.56 Å². The predicted molar refractivity (Wildman–Crippen MR) is 104 cm³/mol. The van der Waals surface area contributed by atoms with Crippen LogP contribution < -0.4 is 31.3 Å². The Balaban J connectivity index is 1.95. The molecule has 3 rings (SSSR count). The zero-order valence-electron chi connectivity index (χ0n) is 16.4. The second-order valence-corrected chi connectivity index (χ2v) is 8.27. The Labute approximate surface area is 175 Å². The molecule has 2 heterocycles. The van der Waals surface area contributed by atoms with Crippen molar-refractivity contribution in [3.05, 3.63) is 44.1 Å². The van der Waals surface area contributed by atoms with Crippen molar-refractivity contribution in [2.24, 2.45) is 0 Å². The number of aliphatic hydroxyl groups is 3. The van der Waals surface area contributed by atoms with Crippen molar-refractivity contribution < 1.29 is 34.2 Å². The Kier molecular flexibility index (Phi) is 6.39. The topological polar surface area (TPSA) is 216 Å². The first kappa shape index (κ1) is 23.2. The molecule has 0 unspecified atom stereocenters. The molecule has 31 heavy (non-hydrogen) atoms. The number of aromatic nitrogens is 2. The van der Waals surface area contributed by atoms with Gasteiger partial charge in [-0.2, -0.15) is 0 Å². The molecule has 0 spiro atoms. The molecular weight excluding hydrogens is 435 g/mol. The summed E-state index contributed by atoms with van der Waals surface area (Å²) in [6.45, 7) is 2.17. The molecule has 1 aliphatic rings. The molecule has 1 aliphatic heterocycles. The molecule has 169 valence electrons. The number of aromatic amines is 2. The van der Waals surface area contributed by atoms with Crippen LogP contribution in [0.25, 0.3) is 0 Å². The Hall–Kier alpha value is -2.51. The summed E-state index contributed by atoms with van der Waals surface area (Å²) in [6, 6.07) is 3.41. The fourth-order valence-corrected chi connectivity index (χ4v) is 3.44. The molecule has 0 saturated heterocycles. The molecule has 3 atom stereocenters. The third-order valence-electron chi connectivity index (χ3n) is 4.84. The molecule has 0 fully saturated rings. The van der Waals surface area contributed by atoms with Gasteiger partial charge in [0.2, 0.25) is 0 Å². The lowest BCUT2D eigenvalue weighted by molar-refractivity contribution is -0.343. The van der Waals surface area contributed by atoms with Crippen LogP contribution in [-0.2, 0) is 9.09 Å². The van der Waals surface area contributed by atoms with Gasteiger partial charge in [-0.25, -0.2) is 10.1 Å². The van der Waals surface area contributed by atoms with Crippen molar-refractivity contribution in [1.29, 1.82) is 0 Å². The number of phosphoric ester groups is 1. The summed E-state index contributed by atoms with van der Waals surface area (Å²) in [5, 5.41) is 34.7. The van der Waals surface area contributed by atoms with E-state index in [1.807, 2.05) is 13.8 Å². The quantitative estimate of drug-likeness (QED) is 0.279. The Morgan fingerprint density at radius 2 is 1.77 bits per heavy atom. The standard InChI is InChI=1S/C17H22N4O9P/c1-7-3-9-10(4-8(7)2)21(15-13(18-9)16(25)20-17(26)19-15)5-11(22)14(24)12(23)6-30-31(27,28)29/h3-4,11-12,14,22-24H,5-6H2,1-2H3,(H2,27,28,29)(H2,19,20,25,26)/p-2/t11-,12+,14-/m0/s1.